The SMILES string of the molecule is Fc1ccc(-c2c(F)c(F)c(F)c(F)c2F)cc1CBr. The molecule has 0 nitrogen and oxygen atoms in total. The first-order valence-corrected chi connectivity index (χ1v) is 6.36. The van der Waals surface area contributed by atoms with Crippen LogP contribution < -0.4 is 0 Å². The van der Waals surface area contributed by atoms with E-state index in [9.17, 15) is 26.3 Å². The standard InChI is InChI=1S/C13H5BrF6/c14-4-6-3-5(1-2-7(6)15)8-9(16)11(18)13(20)12(19)10(8)17/h1-3H,4H2. The molecule has 0 aliphatic rings. The van der Waals surface area contributed by atoms with E-state index in [4.69, 9.17) is 0 Å². The Morgan fingerprint density at radius 2 is 1.25 bits per heavy atom. The molecule has 0 bridgehead atoms. The molecule has 2 rings (SSSR count). The highest BCUT2D eigenvalue weighted by Gasteiger charge is 2.26. The number of alkyl halides is 1. The van der Waals surface area contributed by atoms with Gasteiger partial charge >= 0.3 is 0 Å². The highest BCUT2D eigenvalue weighted by Crippen LogP contribution is 2.32. The molecule has 0 saturated heterocycles. The summed E-state index contributed by atoms with van der Waals surface area (Å²) < 4.78 is 79.6. The van der Waals surface area contributed by atoms with Crippen molar-refractivity contribution in [2.75, 3.05) is 0 Å². The molecular formula is C13H5BrF6. The topological polar surface area (TPSA) is 0 Å². The Bertz CT molecular complexity index is 654. The largest absolute Gasteiger partial charge is 0.207 e. The van der Waals surface area contributed by atoms with Crippen LogP contribution in [0.4, 0.5) is 26.3 Å². The molecule has 0 atom stereocenters. The minimum atomic E-state index is -2.23. The summed E-state index contributed by atoms with van der Waals surface area (Å²) in [5, 5.41) is 0.0298. The molecule has 2 aromatic carbocycles. The van der Waals surface area contributed by atoms with Crippen molar-refractivity contribution in [1.82, 2.24) is 0 Å². The summed E-state index contributed by atoms with van der Waals surface area (Å²) in [7, 11) is 0. The second-order valence-electron chi connectivity index (χ2n) is 3.88. The van der Waals surface area contributed by atoms with E-state index in [-0.39, 0.29) is 16.5 Å². The van der Waals surface area contributed by atoms with Gasteiger partial charge in [-0.05, 0) is 23.3 Å². The zero-order chi connectivity index (χ0) is 15.0. The number of hydrogen-bond acceptors (Lipinski definition) is 0. The molecule has 0 amide bonds. The lowest BCUT2D eigenvalue weighted by Gasteiger charge is -2.09. The highest BCUT2D eigenvalue weighted by molar-refractivity contribution is 9.08. The Morgan fingerprint density at radius 1 is 0.750 bits per heavy atom. The predicted molar refractivity (Wildman–Crippen MR) is 64.3 cm³/mol. The molecule has 0 radical (unpaired) electrons. The predicted octanol–water partition coefficient (Wildman–Crippen LogP) is 5.08. The van der Waals surface area contributed by atoms with Gasteiger partial charge in [-0.1, -0.05) is 22.0 Å². The summed E-state index contributed by atoms with van der Waals surface area (Å²) in [6.45, 7) is 0. The second-order valence-corrected chi connectivity index (χ2v) is 4.45. The molecule has 0 aromatic heterocycles. The van der Waals surface area contributed by atoms with E-state index in [1.807, 2.05) is 0 Å². The van der Waals surface area contributed by atoms with Crippen LogP contribution in [0, 0.1) is 34.9 Å². The maximum Gasteiger partial charge on any atom is 0.200 e. The van der Waals surface area contributed by atoms with Gasteiger partial charge < -0.3 is 0 Å². The van der Waals surface area contributed by atoms with Crippen LogP contribution in [0.1, 0.15) is 5.56 Å². The first-order valence-electron chi connectivity index (χ1n) is 5.24. The minimum Gasteiger partial charge on any atom is -0.207 e. The molecule has 20 heavy (non-hydrogen) atoms. The smallest absolute Gasteiger partial charge is 0.200 e. The van der Waals surface area contributed by atoms with Gasteiger partial charge in [0.05, 0.1) is 5.56 Å². The highest BCUT2D eigenvalue weighted by atomic mass is 79.9. The molecule has 0 fully saturated rings. The van der Waals surface area contributed by atoms with Gasteiger partial charge in [0, 0.05) is 5.33 Å². The summed E-state index contributed by atoms with van der Waals surface area (Å²) in [4.78, 5) is 0. The Kier molecular flexibility index (Phi) is 4.08. The van der Waals surface area contributed by atoms with E-state index in [2.05, 4.69) is 15.9 Å². The van der Waals surface area contributed by atoms with Gasteiger partial charge in [0.2, 0.25) is 5.82 Å². The van der Waals surface area contributed by atoms with Crippen molar-refractivity contribution in [3.05, 3.63) is 58.7 Å². The van der Waals surface area contributed by atoms with Crippen molar-refractivity contribution in [2.24, 2.45) is 0 Å². The van der Waals surface area contributed by atoms with Crippen molar-refractivity contribution in [3.8, 4) is 11.1 Å². The fourth-order valence-electron chi connectivity index (χ4n) is 1.69. The summed E-state index contributed by atoms with van der Waals surface area (Å²) in [5.74, 6) is -10.9. The van der Waals surface area contributed by atoms with Crippen molar-refractivity contribution in [3.63, 3.8) is 0 Å². The first kappa shape index (κ1) is 14.9. The molecule has 0 unspecified atom stereocenters. The zero-order valence-electron chi connectivity index (χ0n) is 9.58. The minimum absolute atomic E-state index is 0.0298. The maximum atomic E-state index is 13.6. The third-order valence-electron chi connectivity index (χ3n) is 2.69. The third-order valence-corrected chi connectivity index (χ3v) is 3.29. The van der Waals surface area contributed by atoms with Crippen LogP contribution in [0.5, 0.6) is 0 Å². The lowest BCUT2D eigenvalue weighted by atomic mass is 10.0. The van der Waals surface area contributed by atoms with E-state index < -0.39 is 40.5 Å². The zero-order valence-corrected chi connectivity index (χ0v) is 11.2. The normalized spacial score (nSPS) is 10.9. The lowest BCUT2D eigenvalue weighted by Crippen LogP contribution is -2.04. The van der Waals surface area contributed by atoms with Crippen LogP contribution >= 0.6 is 15.9 Å². The Hall–Kier alpha value is -1.50. The molecule has 0 N–H and O–H groups in total. The van der Waals surface area contributed by atoms with Crippen LogP contribution in [0.25, 0.3) is 11.1 Å². The summed E-state index contributed by atoms with van der Waals surface area (Å²) in [6.07, 6.45) is 0. The molecule has 0 spiro atoms. The number of rotatable bonds is 2. The average molecular weight is 355 g/mol. The average Bonchev–Trinajstić information content (AvgIpc) is 2.45. The monoisotopic (exact) mass is 354 g/mol. The van der Waals surface area contributed by atoms with E-state index in [0.717, 1.165) is 18.2 Å². The third kappa shape index (κ3) is 2.30. The first-order chi connectivity index (χ1) is 9.38. The molecule has 106 valence electrons. The van der Waals surface area contributed by atoms with Crippen molar-refractivity contribution in [2.45, 2.75) is 5.33 Å². The fraction of sp³-hybridized carbons (Fsp3) is 0.0769. The van der Waals surface area contributed by atoms with E-state index in [1.165, 1.54) is 0 Å². The summed E-state index contributed by atoms with van der Waals surface area (Å²) in [6, 6.07) is 2.85. The lowest BCUT2D eigenvalue weighted by molar-refractivity contribution is 0.381. The Balaban J connectivity index is 2.76. The van der Waals surface area contributed by atoms with Crippen LogP contribution in [-0.4, -0.2) is 0 Å². The molecule has 0 aliphatic carbocycles. The number of hydrogen-bond donors (Lipinski definition) is 0. The van der Waals surface area contributed by atoms with Gasteiger partial charge in [-0.25, -0.2) is 26.3 Å². The number of benzene rings is 2. The van der Waals surface area contributed by atoms with E-state index >= 15 is 0 Å². The molecular weight excluding hydrogens is 350 g/mol. The molecule has 0 heterocycles. The van der Waals surface area contributed by atoms with Crippen molar-refractivity contribution >= 4 is 15.9 Å². The number of halogens is 7. The van der Waals surface area contributed by atoms with Gasteiger partial charge in [0.1, 0.15) is 5.82 Å². The van der Waals surface area contributed by atoms with Gasteiger partial charge in [0.25, 0.3) is 0 Å². The van der Waals surface area contributed by atoms with Crippen molar-refractivity contribution < 1.29 is 26.3 Å². The maximum absolute atomic E-state index is 13.6. The summed E-state index contributed by atoms with van der Waals surface area (Å²) >= 11 is 2.96. The molecule has 0 saturated carbocycles. The second kappa shape index (κ2) is 5.47. The van der Waals surface area contributed by atoms with Crippen LogP contribution in [0.15, 0.2) is 18.2 Å². The van der Waals surface area contributed by atoms with Crippen LogP contribution in [0.2, 0.25) is 0 Å². The van der Waals surface area contributed by atoms with Gasteiger partial charge in [-0.3, -0.25) is 0 Å². The summed E-state index contributed by atoms with van der Waals surface area (Å²) in [5.41, 5.74) is -1.34. The van der Waals surface area contributed by atoms with Crippen LogP contribution in [-0.2, 0) is 5.33 Å². The molecule has 0 aliphatic heterocycles. The van der Waals surface area contributed by atoms with Gasteiger partial charge in [-0.15, -0.1) is 0 Å². The van der Waals surface area contributed by atoms with Gasteiger partial charge in [-0.2, -0.15) is 0 Å². The molecule has 7 heteroatoms. The Morgan fingerprint density at radius 3 is 1.75 bits per heavy atom. The van der Waals surface area contributed by atoms with E-state index in [1.54, 1.807) is 0 Å². The van der Waals surface area contributed by atoms with Crippen LogP contribution in [0.3, 0.4) is 0 Å². The Labute approximate surface area is 118 Å². The quantitative estimate of drug-likeness (QED) is 0.305. The van der Waals surface area contributed by atoms with Crippen molar-refractivity contribution in [1.29, 1.82) is 0 Å². The molecule has 2 aromatic rings. The van der Waals surface area contributed by atoms with Gasteiger partial charge in [0.15, 0.2) is 23.3 Å². The van der Waals surface area contributed by atoms with E-state index in [0.29, 0.717) is 0 Å². The fourth-order valence-corrected chi connectivity index (χ4v) is 2.12.